The Labute approximate surface area is 192 Å². The molecule has 32 heavy (non-hydrogen) atoms. The van der Waals surface area contributed by atoms with Crippen LogP contribution in [0.4, 0.5) is 0 Å². The minimum Gasteiger partial charge on any atom is -0.497 e. The Bertz CT molecular complexity index is 1060. The molecule has 0 amide bonds. The summed E-state index contributed by atoms with van der Waals surface area (Å²) in [5.41, 5.74) is 2.87. The quantitative estimate of drug-likeness (QED) is 0.276. The topological polar surface area (TPSA) is 44.8 Å². The Morgan fingerprint density at radius 2 is 1.66 bits per heavy atom. The first kappa shape index (κ1) is 23.8. The molecule has 0 spiro atoms. The maximum Gasteiger partial charge on any atom is 0.166 e. The van der Waals surface area contributed by atoms with Crippen LogP contribution in [-0.4, -0.2) is 20.0 Å². The largest absolute Gasteiger partial charge is 0.497 e. The fourth-order valence-corrected chi connectivity index (χ4v) is 5.34. The average molecular weight is 451 g/mol. The molecule has 0 saturated heterocycles. The molecule has 2 unspecified atom stereocenters. The predicted molar refractivity (Wildman–Crippen MR) is 132 cm³/mol. The zero-order valence-corrected chi connectivity index (χ0v) is 20.4. The number of Topliss-reactive ketones (excluding diaryl/α,β-unsaturated/α-hetero) is 1. The fraction of sp³-hybridized carbons (Fsp3) is 0.296. The van der Waals surface area contributed by atoms with Crippen LogP contribution in [0.3, 0.4) is 0 Å². The first-order valence-electron chi connectivity index (χ1n) is 10.7. The van der Waals surface area contributed by atoms with Crippen molar-refractivity contribution in [1.29, 1.82) is 0 Å². The molecule has 0 bridgehead atoms. The van der Waals surface area contributed by atoms with E-state index in [-0.39, 0.29) is 10.9 Å². The van der Waals surface area contributed by atoms with Crippen molar-refractivity contribution in [3.8, 4) is 17.2 Å². The van der Waals surface area contributed by atoms with E-state index in [9.17, 15) is 4.79 Å². The molecule has 0 aliphatic carbocycles. The molecular weight excluding hydrogens is 419 g/mol. The summed E-state index contributed by atoms with van der Waals surface area (Å²) in [5.74, 6) is 2.15. The maximum atomic E-state index is 12.2. The van der Waals surface area contributed by atoms with Gasteiger partial charge >= 0.3 is 0 Å². The van der Waals surface area contributed by atoms with Crippen LogP contribution in [0.5, 0.6) is 17.2 Å². The lowest BCUT2D eigenvalue weighted by Crippen LogP contribution is -2.22. The number of ketones is 1. The van der Waals surface area contributed by atoms with E-state index < -0.39 is 0 Å². The number of rotatable bonds is 10. The highest BCUT2D eigenvalue weighted by Crippen LogP contribution is 2.51. The number of benzene rings is 3. The number of methoxy groups -OCH3 is 2. The smallest absolute Gasteiger partial charge is 0.166 e. The lowest BCUT2D eigenvalue weighted by atomic mass is 9.95. The van der Waals surface area contributed by atoms with Gasteiger partial charge in [0, 0.05) is 22.3 Å². The van der Waals surface area contributed by atoms with Gasteiger partial charge in [0.25, 0.3) is 0 Å². The van der Waals surface area contributed by atoms with E-state index in [4.69, 9.17) is 14.2 Å². The highest BCUT2D eigenvalue weighted by atomic mass is 31.1. The summed E-state index contributed by atoms with van der Waals surface area (Å²) in [5, 5.41) is 0.777. The standard InChI is InChI=1S/C27H31O4P/c1-6-27(3,32-25-15-11-10-14-22(25)19(2)28)23-16-21(29-4)17-24(30-5)26(23)31-18-20-12-8-7-9-13-20/h7-17,32H,6,18H2,1-5H3. The highest BCUT2D eigenvalue weighted by molar-refractivity contribution is 7.48. The van der Waals surface area contributed by atoms with Crippen molar-refractivity contribution in [2.24, 2.45) is 0 Å². The van der Waals surface area contributed by atoms with Crippen molar-refractivity contribution in [2.75, 3.05) is 14.2 Å². The number of hydrogen-bond acceptors (Lipinski definition) is 4. The normalized spacial score (nSPS) is 13.0. The molecule has 0 saturated carbocycles. The van der Waals surface area contributed by atoms with Crippen LogP contribution in [-0.2, 0) is 11.8 Å². The van der Waals surface area contributed by atoms with Crippen molar-refractivity contribution < 1.29 is 19.0 Å². The van der Waals surface area contributed by atoms with Crippen LogP contribution in [0, 0.1) is 0 Å². The van der Waals surface area contributed by atoms with Crippen LogP contribution in [0.1, 0.15) is 48.7 Å². The van der Waals surface area contributed by atoms with Crippen LogP contribution in [0.15, 0.2) is 66.7 Å². The van der Waals surface area contributed by atoms with Crippen molar-refractivity contribution in [1.82, 2.24) is 0 Å². The Hall–Kier alpha value is -2.84. The number of carbonyl (C=O) groups is 1. The average Bonchev–Trinajstić information content (AvgIpc) is 2.82. The van der Waals surface area contributed by atoms with Gasteiger partial charge in [-0.2, -0.15) is 0 Å². The molecule has 2 atom stereocenters. The monoisotopic (exact) mass is 450 g/mol. The molecule has 0 aliphatic heterocycles. The fourth-order valence-electron chi connectivity index (χ4n) is 3.68. The number of ether oxygens (including phenoxy) is 3. The van der Waals surface area contributed by atoms with E-state index in [0.717, 1.165) is 28.4 Å². The van der Waals surface area contributed by atoms with Gasteiger partial charge in [-0.1, -0.05) is 77.0 Å². The molecule has 0 aliphatic rings. The van der Waals surface area contributed by atoms with Crippen molar-refractivity contribution in [3.63, 3.8) is 0 Å². The molecule has 0 fully saturated rings. The minimum atomic E-state index is -0.278. The molecule has 3 aromatic carbocycles. The summed E-state index contributed by atoms with van der Waals surface area (Å²) in [4.78, 5) is 12.2. The molecule has 0 aromatic heterocycles. The van der Waals surface area contributed by atoms with Crippen LogP contribution >= 0.6 is 8.58 Å². The number of hydrogen-bond donors (Lipinski definition) is 0. The van der Waals surface area contributed by atoms with E-state index in [1.54, 1.807) is 21.1 Å². The predicted octanol–water partition coefficient (Wildman–Crippen LogP) is 6.11. The molecule has 3 rings (SSSR count). The van der Waals surface area contributed by atoms with Gasteiger partial charge in [-0.25, -0.2) is 0 Å². The molecule has 0 N–H and O–H groups in total. The SMILES string of the molecule is CCC(C)(Pc1ccccc1C(C)=O)c1cc(OC)cc(OC)c1OCc1ccccc1. The van der Waals surface area contributed by atoms with Crippen molar-refractivity contribution >= 4 is 19.7 Å². The molecular formula is C27H31O4P. The third-order valence-electron chi connectivity index (χ3n) is 5.73. The molecule has 168 valence electrons. The maximum absolute atomic E-state index is 12.2. The Morgan fingerprint density at radius 1 is 0.969 bits per heavy atom. The van der Waals surface area contributed by atoms with Gasteiger partial charge < -0.3 is 14.2 Å². The second kappa shape index (κ2) is 10.7. The lowest BCUT2D eigenvalue weighted by Gasteiger charge is -2.32. The third kappa shape index (κ3) is 5.31. The minimum absolute atomic E-state index is 0.0790. The van der Waals surface area contributed by atoms with Gasteiger partial charge in [0.05, 0.1) is 14.2 Å². The molecule has 0 radical (unpaired) electrons. The van der Waals surface area contributed by atoms with E-state index >= 15 is 0 Å². The molecule has 4 nitrogen and oxygen atoms in total. The van der Waals surface area contributed by atoms with Gasteiger partial charge in [0.15, 0.2) is 17.3 Å². The van der Waals surface area contributed by atoms with Crippen LogP contribution in [0.25, 0.3) is 0 Å². The van der Waals surface area contributed by atoms with E-state index in [0.29, 0.717) is 32.4 Å². The van der Waals surface area contributed by atoms with Crippen molar-refractivity contribution in [3.05, 3.63) is 83.4 Å². The second-order valence-electron chi connectivity index (χ2n) is 7.89. The second-order valence-corrected chi connectivity index (χ2v) is 9.79. The summed E-state index contributed by atoms with van der Waals surface area (Å²) in [6.45, 7) is 6.43. The van der Waals surface area contributed by atoms with Gasteiger partial charge in [-0.3, -0.25) is 4.79 Å². The van der Waals surface area contributed by atoms with Gasteiger partial charge in [0.2, 0.25) is 0 Å². The Balaban J connectivity index is 2.08. The van der Waals surface area contributed by atoms with Crippen molar-refractivity contribution in [2.45, 2.75) is 39.0 Å². The zero-order chi connectivity index (χ0) is 23.1. The first-order chi connectivity index (χ1) is 15.4. The van der Waals surface area contributed by atoms with E-state index in [1.165, 1.54) is 0 Å². The van der Waals surface area contributed by atoms with E-state index in [2.05, 4.69) is 13.8 Å². The van der Waals surface area contributed by atoms with Crippen LogP contribution in [0.2, 0.25) is 0 Å². The highest BCUT2D eigenvalue weighted by Gasteiger charge is 2.32. The Morgan fingerprint density at radius 3 is 2.28 bits per heavy atom. The summed E-state index contributed by atoms with van der Waals surface area (Å²) < 4.78 is 17.7. The summed E-state index contributed by atoms with van der Waals surface area (Å²) in [6.07, 6.45) is 0.857. The molecule has 0 heterocycles. The lowest BCUT2D eigenvalue weighted by molar-refractivity contribution is 0.101. The van der Waals surface area contributed by atoms with Gasteiger partial charge in [-0.05, 0) is 30.3 Å². The van der Waals surface area contributed by atoms with E-state index in [1.807, 2.05) is 66.7 Å². The Kier molecular flexibility index (Phi) is 7.93. The summed E-state index contributed by atoms with van der Waals surface area (Å²) >= 11 is 0. The van der Waals surface area contributed by atoms with Gasteiger partial charge in [0.1, 0.15) is 12.4 Å². The van der Waals surface area contributed by atoms with Crippen LogP contribution < -0.4 is 19.5 Å². The first-order valence-corrected chi connectivity index (χ1v) is 11.7. The molecule has 5 heteroatoms. The molecule has 3 aromatic rings. The van der Waals surface area contributed by atoms with Gasteiger partial charge in [-0.15, -0.1) is 0 Å². The summed E-state index contributed by atoms with van der Waals surface area (Å²) in [7, 11) is 3.66. The summed E-state index contributed by atoms with van der Waals surface area (Å²) in [6, 6.07) is 21.8. The third-order valence-corrected chi connectivity index (χ3v) is 7.61. The zero-order valence-electron chi connectivity index (χ0n) is 19.4. The number of carbonyl (C=O) groups excluding carboxylic acids is 1.